The molecule has 0 fully saturated rings. The van der Waals surface area contributed by atoms with Gasteiger partial charge in [0.05, 0.1) is 11.1 Å². The van der Waals surface area contributed by atoms with Crippen molar-refractivity contribution in [1.29, 1.82) is 5.26 Å². The largest absolute Gasteiger partial charge is 0.437 e. The third kappa shape index (κ3) is 3.04. The minimum atomic E-state index is 0.460. The Labute approximate surface area is 118 Å². The lowest BCUT2D eigenvalue weighted by atomic mass is 10.2. The van der Waals surface area contributed by atoms with Crippen molar-refractivity contribution in [3.05, 3.63) is 41.7 Å². The fourth-order valence-electron chi connectivity index (χ4n) is 1.71. The van der Waals surface area contributed by atoms with Crippen molar-refractivity contribution in [1.82, 2.24) is 9.97 Å². The summed E-state index contributed by atoms with van der Waals surface area (Å²) in [6.45, 7) is 4.82. The Bertz CT molecular complexity index is 634. The van der Waals surface area contributed by atoms with Gasteiger partial charge in [-0.2, -0.15) is 5.26 Å². The van der Waals surface area contributed by atoms with E-state index < -0.39 is 0 Å². The quantitative estimate of drug-likeness (QED) is 0.901. The van der Waals surface area contributed by atoms with Crippen molar-refractivity contribution >= 4 is 5.82 Å². The van der Waals surface area contributed by atoms with Gasteiger partial charge in [-0.15, -0.1) is 0 Å². The maximum atomic E-state index is 9.06. The molecule has 1 heterocycles. The van der Waals surface area contributed by atoms with Gasteiger partial charge in [-0.25, -0.2) is 9.97 Å². The highest BCUT2D eigenvalue weighted by Crippen LogP contribution is 2.27. The summed E-state index contributed by atoms with van der Waals surface area (Å²) in [6.07, 6.45) is 2.46. The molecule has 5 heteroatoms. The number of nitrogens with zero attached hydrogens (tertiary/aromatic N) is 3. The van der Waals surface area contributed by atoms with Crippen LogP contribution in [0.5, 0.6) is 11.6 Å². The molecule has 0 aliphatic carbocycles. The molecule has 0 radical (unpaired) electrons. The Kier molecular flexibility index (Phi) is 4.51. The van der Waals surface area contributed by atoms with E-state index in [0.717, 1.165) is 24.3 Å². The molecule has 5 nitrogen and oxygen atoms in total. The van der Waals surface area contributed by atoms with E-state index in [0.29, 0.717) is 17.2 Å². The first-order valence-corrected chi connectivity index (χ1v) is 6.48. The lowest BCUT2D eigenvalue weighted by Gasteiger charge is -2.12. The summed E-state index contributed by atoms with van der Waals surface area (Å²) < 4.78 is 5.74. The molecule has 0 aliphatic rings. The zero-order valence-corrected chi connectivity index (χ0v) is 11.6. The SMILES string of the molecule is CCCNc1ncnc(Oc2ccccc2C#N)c1C. The Morgan fingerprint density at radius 3 is 2.85 bits per heavy atom. The summed E-state index contributed by atoms with van der Waals surface area (Å²) in [6, 6.07) is 9.18. The standard InChI is InChI=1S/C15H16N4O/c1-3-8-17-14-11(2)15(19-10-18-14)20-13-7-5-4-6-12(13)9-16/h4-7,10H,3,8H2,1-2H3,(H,17,18,19). The van der Waals surface area contributed by atoms with Gasteiger partial charge < -0.3 is 10.1 Å². The molecule has 0 spiro atoms. The number of rotatable bonds is 5. The van der Waals surface area contributed by atoms with E-state index in [9.17, 15) is 0 Å². The summed E-state index contributed by atoms with van der Waals surface area (Å²) >= 11 is 0. The first-order chi connectivity index (χ1) is 9.76. The van der Waals surface area contributed by atoms with Crippen LogP contribution in [0.4, 0.5) is 5.82 Å². The highest BCUT2D eigenvalue weighted by Gasteiger charge is 2.10. The Balaban J connectivity index is 2.28. The maximum absolute atomic E-state index is 9.06. The fraction of sp³-hybridized carbons (Fsp3) is 0.267. The van der Waals surface area contributed by atoms with Gasteiger partial charge in [0.1, 0.15) is 24.0 Å². The van der Waals surface area contributed by atoms with Crippen LogP contribution in [0.1, 0.15) is 24.5 Å². The van der Waals surface area contributed by atoms with Crippen molar-refractivity contribution in [2.24, 2.45) is 0 Å². The molecule has 0 saturated carbocycles. The van der Waals surface area contributed by atoms with Crippen molar-refractivity contribution in [2.75, 3.05) is 11.9 Å². The Morgan fingerprint density at radius 2 is 2.10 bits per heavy atom. The van der Waals surface area contributed by atoms with E-state index in [-0.39, 0.29) is 0 Å². The molecule has 0 unspecified atom stereocenters. The molecule has 0 atom stereocenters. The number of ether oxygens (including phenoxy) is 1. The van der Waals surface area contributed by atoms with Crippen molar-refractivity contribution in [3.8, 4) is 17.7 Å². The van der Waals surface area contributed by atoms with E-state index in [1.807, 2.05) is 13.0 Å². The second-order valence-electron chi connectivity index (χ2n) is 4.29. The highest BCUT2D eigenvalue weighted by atomic mass is 16.5. The van der Waals surface area contributed by atoms with E-state index in [4.69, 9.17) is 10.00 Å². The number of hydrogen-bond acceptors (Lipinski definition) is 5. The third-order valence-electron chi connectivity index (χ3n) is 2.79. The van der Waals surface area contributed by atoms with Crippen LogP contribution in [0.15, 0.2) is 30.6 Å². The number of aromatic nitrogens is 2. The summed E-state index contributed by atoms with van der Waals surface area (Å²) in [5.41, 5.74) is 1.31. The Morgan fingerprint density at radius 1 is 1.30 bits per heavy atom. The van der Waals surface area contributed by atoms with E-state index in [2.05, 4.69) is 28.3 Å². The van der Waals surface area contributed by atoms with Gasteiger partial charge in [0.15, 0.2) is 0 Å². The average Bonchev–Trinajstić information content (AvgIpc) is 2.48. The molecule has 0 saturated heterocycles. The van der Waals surface area contributed by atoms with E-state index >= 15 is 0 Å². The van der Waals surface area contributed by atoms with Gasteiger partial charge in [0.25, 0.3) is 0 Å². The van der Waals surface area contributed by atoms with Gasteiger partial charge in [0.2, 0.25) is 5.88 Å². The summed E-state index contributed by atoms with van der Waals surface area (Å²) in [5.74, 6) is 1.71. The molecule has 102 valence electrons. The van der Waals surface area contributed by atoms with Gasteiger partial charge in [-0.1, -0.05) is 19.1 Å². The van der Waals surface area contributed by atoms with Crippen LogP contribution in [-0.4, -0.2) is 16.5 Å². The number of benzene rings is 1. The second kappa shape index (κ2) is 6.53. The molecular formula is C15H16N4O. The number of hydrogen-bond donors (Lipinski definition) is 1. The lowest BCUT2D eigenvalue weighted by molar-refractivity contribution is 0.456. The zero-order chi connectivity index (χ0) is 14.4. The van der Waals surface area contributed by atoms with Gasteiger partial charge in [-0.05, 0) is 25.5 Å². The first kappa shape index (κ1) is 13.8. The number of para-hydroxylation sites is 1. The fourth-order valence-corrected chi connectivity index (χ4v) is 1.71. The summed E-state index contributed by atoms with van der Waals surface area (Å²) in [4.78, 5) is 8.33. The first-order valence-electron chi connectivity index (χ1n) is 6.48. The molecule has 1 N–H and O–H groups in total. The minimum absolute atomic E-state index is 0.460. The van der Waals surface area contributed by atoms with Gasteiger partial charge >= 0.3 is 0 Å². The summed E-state index contributed by atoms with van der Waals surface area (Å²) in [7, 11) is 0. The third-order valence-corrected chi connectivity index (χ3v) is 2.79. The molecule has 0 amide bonds. The van der Waals surface area contributed by atoms with Crippen LogP contribution in [0.25, 0.3) is 0 Å². The maximum Gasteiger partial charge on any atom is 0.227 e. The highest BCUT2D eigenvalue weighted by molar-refractivity contribution is 5.50. The number of anilines is 1. The molecule has 0 aliphatic heterocycles. The number of nitrogens with one attached hydrogen (secondary N) is 1. The topological polar surface area (TPSA) is 70.8 Å². The monoisotopic (exact) mass is 268 g/mol. The summed E-state index contributed by atoms with van der Waals surface area (Å²) in [5, 5.41) is 12.3. The lowest BCUT2D eigenvalue weighted by Crippen LogP contribution is -2.05. The average molecular weight is 268 g/mol. The molecule has 1 aromatic carbocycles. The van der Waals surface area contributed by atoms with Crippen LogP contribution in [0, 0.1) is 18.3 Å². The predicted molar refractivity (Wildman–Crippen MR) is 76.8 cm³/mol. The van der Waals surface area contributed by atoms with Gasteiger partial charge in [0, 0.05) is 6.54 Å². The molecular weight excluding hydrogens is 252 g/mol. The zero-order valence-electron chi connectivity index (χ0n) is 11.6. The van der Waals surface area contributed by atoms with Crippen molar-refractivity contribution in [2.45, 2.75) is 20.3 Å². The molecule has 2 aromatic rings. The second-order valence-corrected chi connectivity index (χ2v) is 4.29. The van der Waals surface area contributed by atoms with Crippen LogP contribution in [-0.2, 0) is 0 Å². The van der Waals surface area contributed by atoms with Crippen molar-refractivity contribution < 1.29 is 4.74 Å². The number of nitriles is 1. The van der Waals surface area contributed by atoms with E-state index in [1.165, 1.54) is 6.33 Å². The van der Waals surface area contributed by atoms with Crippen LogP contribution in [0.2, 0.25) is 0 Å². The predicted octanol–water partition coefficient (Wildman–Crippen LogP) is 3.27. The Hall–Kier alpha value is -2.61. The smallest absolute Gasteiger partial charge is 0.227 e. The molecule has 0 bridgehead atoms. The normalized spacial score (nSPS) is 9.85. The van der Waals surface area contributed by atoms with Crippen molar-refractivity contribution in [3.63, 3.8) is 0 Å². The van der Waals surface area contributed by atoms with Crippen LogP contribution >= 0.6 is 0 Å². The van der Waals surface area contributed by atoms with Gasteiger partial charge in [-0.3, -0.25) is 0 Å². The van der Waals surface area contributed by atoms with Crippen LogP contribution < -0.4 is 10.1 Å². The molecule has 20 heavy (non-hydrogen) atoms. The molecule has 1 aromatic heterocycles. The molecule has 2 rings (SSSR count). The van der Waals surface area contributed by atoms with Crippen LogP contribution in [0.3, 0.4) is 0 Å². The van der Waals surface area contributed by atoms with E-state index in [1.54, 1.807) is 18.2 Å². The minimum Gasteiger partial charge on any atom is -0.437 e.